The lowest BCUT2D eigenvalue weighted by Gasteiger charge is -2.18. The molecule has 1 unspecified atom stereocenters. The van der Waals surface area contributed by atoms with Crippen LogP contribution in [0.3, 0.4) is 0 Å². The number of ether oxygens (including phenoxy) is 1. The largest absolute Gasteiger partial charge is 0.366 e. The van der Waals surface area contributed by atoms with E-state index in [-0.39, 0.29) is 6.10 Å². The van der Waals surface area contributed by atoms with Crippen molar-refractivity contribution in [2.24, 2.45) is 7.05 Å². The molecular formula is C13H18N4O. The molecule has 2 heterocycles. The van der Waals surface area contributed by atoms with Crippen LogP contribution in [-0.4, -0.2) is 35.0 Å². The van der Waals surface area contributed by atoms with Gasteiger partial charge >= 0.3 is 0 Å². The zero-order chi connectivity index (χ0) is 12.8. The number of pyridine rings is 1. The normalized spacial score (nSPS) is 12.6. The first-order chi connectivity index (χ1) is 8.83. The minimum absolute atomic E-state index is 0.125. The number of aromatic nitrogens is 3. The summed E-state index contributed by atoms with van der Waals surface area (Å²) in [7, 11) is 3.83. The Morgan fingerprint density at radius 1 is 1.39 bits per heavy atom. The molecule has 1 N–H and O–H groups in total. The van der Waals surface area contributed by atoms with E-state index >= 15 is 0 Å². The average molecular weight is 246 g/mol. The van der Waals surface area contributed by atoms with Gasteiger partial charge in [-0.1, -0.05) is 6.07 Å². The van der Waals surface area contributed by atoms with Gasteiger partial charge in [-0.05, 0) is 19.2 Å². The fourth-order valence-corrected chi connectivity index (χ4v) is 1.80. The second-order valence-corrected chi connectivity index (χ2v) is 4.02. The van der Waals surface area contributed by atoms with E-state index in [2.05, 4.69) is 15.4 Å². The van der Waals surface area contributed by atoms with Gasteiger partial charge in [-0.25, -0.2) is 0 Å². The van der Waals surface area contributed by atoms with E-state index in [4.69, 9.17) is 4.74 Å². The van der Waals surface area contributed by atoms with Gasteiger partial charge in [0, 0.05) is 37.7 Å². The Kier molecular flexibility index (Phi) is 4.44. The molecule has 0 saturated carbocycles. The van der Waals surface area contributed by atoms with Gasteiger partial charge in [0.1, 0.15) is 6.10 Å². The molecule has 96 valence electrons. The Labute approximate surface area is 107 Å². The Morgan fingerprint density at radius 3 is 2.89 bits per heavy atom. The van der Waals surface area contributed by atoms with Crippen molar-refractivity contribution in [3.05, 3.63) is 48.0 Å². The van der Waals surface area contributed by atoms with Crippen LogP contribution in [0.1, 0.15) is 17.4 Å². The minimum atomic E-state index is -0.125. The lowest BCUT2D eigenvalue weighted by atomic mass is 10.1. The molecule has 0 saturated heterocycles. The van der Waals surface area contributed by atoms with E-state index in [1.165, 1.54) is 0 Å². The van der Waals surface area contributed by atoms with Crippen molar-refractivity contribution in [2.75, 3.05) is 20.2 Å². The molecule has 0 bridgehead atoms. The second-order valence-electron chi connectivity index (χ2n) is 4.02. The third-order valence-corrected chi connectivity index (χ3v) is 2.75. The molecule has 5 heteroatoms. The van der Waals surface area contributed by atoms with E-state index in [0.29, 0.717) is 6.61 Å². The molecule has 0 aliphatic carbocycles. The lowest BCUT2D eigenvalue weighted by Crippen LogP contribution is -2.18. The molecule has 2 aromatic rings. The molecule has 0 aliphatic heterocycles. The Hall–Kier alpha value is -1.72. The van der Waals surface area contributed by atoms with Crippen molar-refractivity contribution >= 4 is 0 Å². The standard InChI is InChI=1S/C13H18N4O/c1-14-8-9-18-13(11-4-3-6-15-10-11)12-5-7-16-17(12)2/h3-7,10,13-14H,8-9H2,1-2H3. The van der Waals surface area contributed by atoms with Crippen molar-refractivity contribution in [3.63, 3.8) is 0 Å². The molecule has 0 aliphatic rings. The smallest absolute Gasteiger partial charge is 0.126 e. The van der Waals surface area contributed by atoms with E-state index in [9.17, 15) is 0 Å². The first kappa shape index (κ1) is 12.7. The average Bonchev–Trinajstić information content (AvgIpc) is 2.82. The molecule has 5 nitrogen and oxygen atoms in total. The molecule has 0 fully saturated rings. The van der Waals surface area contributed by atoms with Crippen LogP contribution in [0.4, 0.5) is 0 Å². The van der Waals surface area contributed by atoms with Gasteiger partial charge in [0.15, 0.2) is 0 Å². The fourth-order valence-electron chi connectivity index (χ4n) is 1.80. The van der Waals surface area contributed by atoms with Gasteiger partial charge in [0.2, 0.25) is 0 Å². The molecular weight excluding hydrogens is 228 g/mol. The lowest BCUT2D eigenvalue weighted by molar-refractivity contribution is 0.0774. The molecule has 2 aromatic heterocycles. The van der Waals surface area contributed by atoms with Crippen LogP contribution in [0.2, 0.25) is 0 Å². The minimum Gasteiger partial charge on any atom is -0.366 e. The SMILES string of the molecule is CNCCOC(c1cccnc1)c1ccnn1C. The quantitative estimate of drug-likeness (QED) is 0.777. The summed E-state index contributed by atoms with van der Waals surface area (Å²) in [5.74, 6) is 0. The third kappa shape index (κ3) is 2.94. The van der Waals surface area contributed by atoms with Gasteiger partial charge < -0.3 is 10.1 Å². The van der Waals surface area contributed by atoms with E-state index in [1.807, 2.05) is 43.2 Å². The highest BCUT2D eigenvalue weighted by molar-refractivity contribution is 5.22. The van der Waals surface area contributed by atoms with Gasteiger partial charge in [-0.15, -0.1) is 0 Å². The van der Waals surface area contributed by atoms with Crippen LogP contribution in [0.5, 0.6) is 0 Å². The van der Waals surface area contributed by atoms with Crippen LogP contribution < -0.4 is 5.32 Å². The molecule has 0 aromatic carbocycles. The number of rotatable bonds is 6. The van der Waals surface area contributed by atoms with Gasteiger partial charge in [-0.2, -0.15) is 5.10 Å². The summed E-state index contributed by atoms with van der Waals surface area (Å²) in [5.41, 5.74) is 2.07. The van der Waals surface area contributed by atoms with Crippen LogP contribution in [-0.2, 0) is 11.8 Å². The number of nitrogens with one attached hydrogen (secondary N) is 1. The van der Waals surface area contributed by atoms with Crippen molar-refractivity contribution in [3.8, 4) is 0 Å². The summed E-state index contributed by atoms with van der Waals surface area (Å²) in [5, 5.41) is 7.26. The van der Waals surface area contributed by atoms with Gasteiger partial charge in [0.25, 0.3) is 0 Å². The van der Waals surface area contributed by atoms with Crippen molar-refractivity contribution < 1.29 is 4.74 Å². The highest BCUT2D eigenvalue weighted by Gasteiger charge is 2.17. The molecule has 18 heavy (non-hydrogen) atoms. The maximum atomic E-state index is 5.93. The predicted molar refractivity (Wildman–Crippen MR) is 69.2 cm³/mol. The summed E-state index contributed by atoms with van der Waals surface area (Å²) < 4.78 is 7.76. The summed E-state index contributed by atoms with van der Waals surface area (Å²) in [4.78, 5) is 4.15. The Balaban J connectivity index is 2.21. The number of likely N-dealkylation sites (N-methyl/N-ethyl adjacent to an activating group) is 1. The monoisotopic (exact) mass is 246 g/mol. The number of nitrogens with zero attached hydrogens (tertiary/aromatic N) is 3. The van der Waals surface area contributed by atoms with E-state index in [1.54, 1.807) is 12.4 Å². The van der Waals surface area contributed by atoms with Gasteiger partial charge in [0.05, 0.1) is 12.3 Å². The number of hydrogen-bond acceptors (Lipinski definition) is 4. The second kappa shape index (κ2) is 6.28. The van der Waals surface area contributed by atoms with Crippen molar-refractivity contribution in [1.29, 1.82) is 0 Å². The van der Waals surface area contributed by atoms with E-state index < -0.39 is 0 Å². The Morgan fingerprint density at radius 2 is 2.28 bits per heavy atom. The maximum Gasteiger partial charge on any atom is 0.126 e. The third-order valence-electron chi connectivity index (χ3n) is 2.75. The number of aryl methyl sites for hydroxylation is 1. The fraction of sp³-hybridized carbons (Fsp3) is 0.385. The zero-order valence-corrected chi connectivity index (χ0v) is 10.7. The molecule has 0 amide bonds. The summed E-state index contributed by atoms with van der Waals surface area (Å²) >= 11 is 0. The summed E-state index contributed by atoms with van der Waals surface area (Å²) in [6.07, 6.45) is 5.24. The molecule has 1 atom stereocenters. The molecule has 2 rings (SSSR count). The molecule has 0 spiro atoms. The van der Waals surface area contributed by atoms with Crippen LogP contribution in [0, 0.1) is 0 Å². The number of hydrogen-bond donors (Lipinski definition) is 1. The molecule has 0 radical (unpaired) electrons. The summed E-state index contributed by atoms with van der Waals surface area (Å²) in [6.45, 7) is 1.45. The van der Waals surface area contributed by atoms with Crippen molar-refractivity contribution in [1.82, 2.24) is 20.1 Å². The van der Waals surface area contributed by atoms with Crippen LogP contribution in [0.15, 0.2) is 36.8 Å². The maximum absolute atomic E-state index is 5.93. The zero-order valence-electron chi connectivity index (χ0n) is 10.7. The predicted octanol–water partition coefficient (Wildman–Crippen LogP) is 1.14. The highest BCUT2D eigenvalue weighted by atomic mass is 16.5. The van der Waals surface area contributed by atoms with Crippen LogP contribution >= 0.6 is 0 Å². The van der Waals surface area contributed by atoms with E-state index in [0.717, 1.165) is 17.8 Å². The van der Waals surface area contributed by atoms with Crippen LogP contribution in [0.25, 0.3) is 0 Å². The first-order valence-electron chi connectivity index (χ1n) is 5.97. The topological polar surface area (TPSA) is 52.0 Å². The van der Waals surface area contributed by atoms with Gasteiger partial charge in [-0.3, -0.25) is 9.67 Å². The highest BCUT2D eigenvalue weighted by Crippen LogP contribution is 2.24. The Bertz CT molecular complexity index is 469. The van der Waals surface area contributed by atoms with Crippen molar-refractivity contribution in [2.45, 2.75) is 6.10 Å². The summed E-state index contributed by atoms with van der Waals surface area (Å²) in [6, 6.07) is 5.90. The first-order valence-corrected chi connectivity index (χ1v) is 5.97.